The van der Waals surface area contributed by atoms with Gasteiger partial charge in [0.15, 0.2) is 0 Å². The molecule has 76 valence electrons. The standard InChI is InChI=1S/C12H23N/c1-9(8-13)2-4-11-6-10-3-5-12(11)7-10/h9-12H,2-8,13H2,1H3. The lowest BCUT2D eigenvalue weighted by atomic mass is 9.84. The summed E-state index contributed by atoms with van der Waals surface area (Å²) in [6.45, 7) is 3.16. The molecule has 13 heavy (non-hydrogen) atoms. The van der Waals surface area contributed by atoms with Gasteiger partial charge in [0.2, 0.25) is 0 Å². The van der Waals surface area contributed by atoms with E-state index in [1.165, 1.54) is 25.7 Å². The van der Waals surface area contributed by atoms with Gasteiger partial charge in [-0.3, -0.25) is 0 Å². The van der Waals surface area contributed by atoms with Crippen molar-refractivity contribution in [1.82, 2.24) is 0 Å². The van der Waals surface area contributed by atoms with Crippen molar-refractivity contribution in [3.05, 3.63) is 0 Å². The fourth-order valence-electron chi connectivity index (χ4n) is 3.35. The van der Waals surface area contributed by atoms with Crippen molar-refractivity contribution >= 4 is 0 Å². The number of nitrogens with two attached hydrogens (primary N) is 1. The zero-order valence-electron chi connectivity index (χ0n) is 8.84. The maximum absolute atomic E-state index is 5.63. The molecule has 0 aromatic heterocycles. The first-order chi connectivity index (χ1) is 6.29. The maximum atomic E-state index is 5.63. The van der Waals surface area contributed by atoms with Crippen LogP contribution in [0.5, 0.6) is 0 Å². The van der Waals surface area contributed by atoms with Gasteiger partial charge in [0, 0.05) is 0 Å². The summed E-state index contributed by atoms with van der Waals surface area (Å²) in [4.78, 5) is 0. The Hall–Kier alpha value is -0.0400. The van der Waals surface area contributed by atoms with E-state index in [9.17, 15) is 0 Å². The Kier molecular flexibility index (Phi) is 2.92. The van der Waals surface area contributed by atoms with Gasteiger partial charge in [0.05, 0.1) is 0 Å². The Morgan fingerprint density at radius 3 is 2.69 bits per heavy atom. The summed E-state index contributed by atoms with van der Waals surface area (Å²) in [7, 11) is 0. The fraction of sp³-hybridized carbons (Fsp3) is 1.00. The predicted octanol–water partition coefficient (Wildman–Crippen LogP) is 2.80. The van der Waals surface area contributed by atoms with E-state index >= 15 is 0 Å². The molecule has 0 spiro atoms. The van der Waals surface area contributed by atoms with Gasteiger partial charge in [0.25, 0.3) is 0 Å². The Labute approximate surface area is 82.1 Å². The normalized spacial score (nSPS) is 39.7. The summed E-state index contributed by atoms with van der Waals surface area (Å²) < 4.78 is 0. The molecule has 2 fully saturated rings. The van der Waals surface area contributed by atoms with E-state index in [1.807, 2.05) is 0 Å². The van der Waals surface area contributed by atoms with Crippen LogP contribution in [0.3, 0.4) is 0 Å². The average molecular weight is 181 g/mol. The second-order valence-corrected chi connectivity index (χ2v) is 5.35. The van der Waals surface area contributed by atoms with Gasteiger partial charge in [-0.15, -0.1) is 0 Å². The van der Waals surface area contributed by atoms with Gasteiger partial charge in [-0.25, -0.2) is 0 Å². The van der Waals surface area contributed by atoms with Gasteiger partial charge < -0.3 is 5.73 Å². The number of hydrogen-bond acceptors (Lipinski definition) is 1. The molecule has 2 aliphatic rings. The van der Waals surface area contributed by atoms with E-state index in [0.717, 1.165) is 30.2 Å². The van der Waals surface area contributed by atoms with E-state index in [2.05, 4.69) is 6.92 Å². The molecule has 4 unspecified atom stereocenters. The van der Waals surface area contributed by atoms with Gasteiger partial charge in [-0.05, 0) is 62.3 Å². The van der Waals surface area contributed by atoms with E-state index in [1.54, 1.807) is 12.8 Å². The zero-order valence-corrected chi connectivity index (χ0v) is 8.84. The molecule has 0 saturated heterocycles. The lowest BCUT2D eigenvalue weighted by Crippen LogP contribution is -2.15. The van der Waals surface area contributed by atoms with Crippen LogP contribution in [-0.4, -0.2) is 6.54 Å². The molecule has 0 heterocycles. The van der Waals surface area contributed by atoms with Gasteiger partial charge in [-0.2, -0.15) is 0 Å². The first kappa shape index (κ1) is 9.51. The number of fused-ring (bicyclic) bond motifs is 2. The summed E-state index contributed by atoms with van der Waals surface area (Å²) in [5, 5.41) is 0. The smallest absolute Gasteiger partial charge is 0.00515 e. The van der Waals surface area contributed by atoms with Crippen molar-refractivity contribution in [3.63, 3.8) is 0 Å². The highest BCUT2D eigenvalue weighted by Gasteiger charge is 2.38. The fourth-order valence-corrected chi connectivity index (χ4v) is 3.35. The summed E-state index contributed by atoms with van der Waals surface area (Å²) in [5.41, 5.74) is 5.63. The van der Waals surface area contributed by atoms with Crippen LogP contribution in [0, 0.1) is 23.7 Å². The molecular weight excluding hydrogens is 158 g/mol. The van der Waals surface area contributed by atoms with Crippen molar-refractivity contribution in [2.75, 3.05) is 6.54 Å². The van der Waals surface area contributed by atoms with E-state index < -0.39 is 0 Å². The first-order valence-corrected chi connectivity index (χ1v) is 5.99. The molecule has 1 heteroatoms. The molecule has 0 aromatic rings. The molecule has 2 aliphatic carbocycles. The predicted molar refractivity (Wildman–Crippen MR) is 56.4 cm³/mol. The highest BCUT2D eigenvalue weighted by Crippen LogP contribution is 2.50. The minimum absolute atomic E-state index is 0.749. The largest absolute Gasteiger partial charge is 0.330 e. The minimum Gasteiger partial charge on any atom is -0.330 e. The summed E-state index contributed by atoms with van der Waals surface area (Å²) >= 11 is 0. The number of rotatable bonds is 4. The monoisotopic (exact) mass is 181 g/mol. The van der Waals surface area contributed by atoms with Crippen LogP contribution in [0.25, 0.3) is 0 Å². The quantitative estimate of drug-likeness (QED) is 0.709. The average Bonchev–Trinajstić information content (AvgIpc) is 2.74. The van der Waals surface area contributed by atoms with Crippen molar-refractivity contribution in [1.29, 1.82) is 0 Å². The Morgan fingerprint density at radius 2 is 2.15 bits per heavy atom. The van der Waals surface area contributed by atoms with Crippen molar-refractivity contribution in [2.24, 2.45) is 29.4 Å². The summed E-state index contributed by atoms with van der Waals surface area (Å²) in [6.07, 6.45) is 8.99. The Bertz CT molecular complexity index is 167. The Morgan fingerprint density at radius 1 is 1.31 bits per heavy atom. The molecule has 0 radical (unpaired) electrons. The first-order valence-electron chi connectivity index (χ1n) is 5.99. The van der Waals surface area contributed by atoms with Crippen LogP contribution >= 0.6 is 0 Å². The van der Waals surface area contributed by atoms with Crippen molar-refractivity contribution < 1.29 is 0 Å². The van der Waals surface area contributed by atoms with Crippen LogP contribution in [0.4, 0.5) is 0 Å². The molecule has 2 N–H and O–H groups in total. The lowest BCUT2D eigenvalue weighted by molar-refractivity contribution is 0.292. The van der Waals surface area contributed by atoms with Crippen molar-refractivity contribution in [3.8, 4) is 0 Å². The zero-order chi connectivity index (χ0) is 9.26. The molecule has 0 aromatic carbocycles. The van der Waals surface area contributed by atoms with Gasteiger partial charge >= 0.3 is 0 Å². The van der Waals surface area contributed by atoms with Crippen LogP contribution in [0.15, 0.2) is 0 Å². The van der Waals surface area contributed by atoms with E-state index in [4.69, 9.17) is 5.73 Å². The highest BCUT2D eigenvalue weighted by atomic mass is 14.5. The van der Waals surface area contributed by atoms with Crippen LogP contribution < -0.4 is 5.73 Å². The molecule has 2 rings (SSSR count). The third kappa shape index (κ3) is 2.07. The Balaban J connectivity index is 1.71. The summed E-state index contributed by atoms with van der Waals surface area (Å²) in [5.74, 6) is 4.05. The third-order valence-electron chi connectivity index (χ3n) is 4.32. The van der Waals surface area contributed by atoms with Crippen LogP contribution in [0.2, 0.25) is 0 Å². The summed E-state index contributed by atoms with van der Waals surface area (Å²) in [6, 6.07) is 0. The maximum Gasteiger partial charge on any atom is -0.00515 e. The number of hydrogen-bond donors (Lipinski definition) is 1. The van der Waals surface area contributed by atoms with Gasteiger partial charge in [0.1, 0.15) is 0 Å². The molecule has 4 atom stereocenters. The minimum atomic E-state index is 0.749. The molecular formula is C12H23N. The molecule has 0 aliphatic heterocycles. The lowest BCUT2D eigenvalue weighted by Gasteiger charge is -2.22. The molecule has 2 saturated carbocycles. The van der Waals surface area contributed by atoms with E-state index in [0.29, 0.717) is 0 Å². The SMILES string of the molecule is CC(CN)CCC1CC2CCC1C2. The van der Waals surface area contributed by atoms with Crippen LogP contribution in [0.1, 0.15) is 45.4 Å². The molecule has 1 nitrogen and oxygen atoms in total. The second kappa shape index (κ2) is 4.00. The molecule has 2 bridgehead atoms. The van der Waals surface area contributed by atoms with Gasteiger partial charge in [-0.1, -0.05) is 13.3 Å². The van der Waals surface area contributed by atoms with Crippen LogP contribution in [-0.2, 0) is 0 Å². The topological polar surface area (TPSA) is 26.0 Å². The second-order valence-electron chi connectivity index (χ2n) is 5.35. The molecule has 0 amide bonds. The van der Waals surface area contributed by atoms with E-state index in [-0.39, 0.29) is 0 Å². The third-order valence-corrected chi connectivity index (χ3v) is 4.32. The highest BCUT2D eigenvalue weighted by molar-refractivity contribution is 4.89. The van der Waals surface area contributed by atoms with Crippen molar-refractivity contribution in [2.45, 2.75) is 45.4 Å².